The Bertz CT molecular complexity index is 190. The Kier molecular flexibility index (Phi) is 4.67. The van der Waals surface area contributed by atoms with E-state index in [4.69, 9.17) is 5.11 Å². The summed E-state index contributed by atoms with van der Waals surface area (Å²) in [4.78, 5) is 32.0. The molecule has 0 saturated heterocycles. The van der Waals surface area contributed by atoms with Crippen molar-refractivity contribution in [2.75, 3.05) is 13.6 Å². The van der Waals surface area contributed by atoms with Gasteiger partial charge in [0, 0.05) is 19.9 Å². The topological polar surface area (TPSA) is 74.7 Å². The van der Waals surface area contributed by atoms with E-state index in [2.05, 4.69) is 0 Å². The molecule has 0 heterocycles. The van der Waals surface area contributed by atoms with E-state index in [0.29, 0.717) is 6.29 Å². The number of aldehydes is 1. The lowest BCUT2D eigenvalue weighted by atomic mass is 10.3. The number of carboxylic acid groups (broad SMARTS) is 1. The first kappa shape index (κ1) is 10.6. The zero-order chi connectivity index (χ0) is 9.56. The van der Waals surface area contributed by atoms with Gasteiger partial charge in [-0.1, -0.05) is 0 Å². The molecule has 0 aromatic carbocycles. The number of rotatable bonds is 5. The van der Waals surface area contributed by atoms with Gasteiger partial charge in [-0.3, -0.25) is 9.59 Å². The third-order valence-electron chi connectivity index (χ3n) is 1.27. The number of hydrogen-bond donors (Lipinski definition) is 1. The van der Waals surface area contributed by atoms with Crippen molar-refractivity contribution in [3.8, 4) is 0 Å². The van der Waals surface area contributed by atoms with Crippen LogP contribution in [0.3, 0.4) is 0 Å². The summed E-state index contributed by atoms with van der Waals surface area (Å²) in [6.45, 7) is -0.322. The second kappa shape index (κ2) is 5.29. The van der Waals surface area contributed by atoms with E-state index < -0.39 is 5.97 Å². The molecule has 0 aromatic heterocycles. The summed E-state index contributed by atoms with van der Waals surface area (Å²) in [7, 11) is 1.39. The first-order valence-corrected chi connectivity index (χ1v) is 3.47. The molecular weight excluding hydrogens is 162 g/mol. The average Bonchev–Trinajstić information content (AvgIpc) is 1.98. The van der Waals surface area contributed by atoms with Gasteiger partial charge in [0.1, 0.15) is 12.8 Å². The molecule has 0 spiro atoms. The lowest BCUT2D eigenvalue weighted by Crippen LogP contribution is -2.31. The van der Waals surface area contributed by atoms with Crippen molar-refractivity contribution in [3.63, 3.8) is 0 Å². The Morgan fingerprint density at radius 3 is 2.50 bits per heavy atom. The van der Waals surface area contributed by atoms with Crippen LogP contribution in [-0.4, -0.2) is 41.8 Å². The fourth-order valence-corrected chi connectivity index (χ4v) is 0.664. The Morgan fingerprint density at radius 2 is 2.08 bits per heavy atom. The number of carbonyl (C=O) groups is 3. The maximum Gasteiger partial charge on any atom is 0.323 e. The molecule has 0 aliphatic carbocycles. The van der Waals surface area contributed by atoms with Crippen LogP contribution in [0, 0.1) is 0 Å². The zero-order valence-electron chi connectivity index (χ0n) is 6.82. The van der Waals surface area contributed by atoms with E-state index in [-0.39, 0.29) is 25.3 Å². The largest absolute Gasteiger partial charge is 0.480 e. The summed E-state index contributed by atoms with van der Waals surface area (Å²) in [5.74, 6) is -1.39. The summed E-state index contributed by atoms with van der Waals surface area (Å²) >= 11 is 0. The summed E-state index contributed by atoms with van der Waals surface area (Å²) in [6.07, 6.45) is 0.850. The van der Waals surface area contributed by atoms with Gasteiger partial charge in [0.2, 0.25) is 5.91 Å². The van der Waals surface area contributed by atoms with Crippen molar-refractivity contribution >= 4 is 18.2 Å². The standard InChI is InChI=1S/C7H11NO4/c1-8(5-7(11)12)6(10)3-2-4-9/h4H,2-3,5H2,1H3,(H,11,12). The minimum atomic E-state index is -1.06. The molecule has 0 aliphatic rings. The van der Waals surface area contributed by atoms with Gasteiger partial charge in [-0.25, -0.2) is 0 Å². The van der Waals surface area contributed by atoms with Gasteiger partial charge >= 0.3 is 5.97 Å². The number of amides is 1. The van der Waals surface area contributed by atoms with Crippen molar-refractivity contribution in [1.29, 1.82) is 0 Å². The number of likely N-dealkylation sites (N-methyl/N-ethyl adjacent to an activating group) is 1. The minimum absolute atomic E-state index is 0.0767. The van der Waals surface area contributed by atoms with Crippen LogP contribution in [0.1, 0.15) is 12.8 Å². The van der Waals surface area contributed by atoms with E-state index in [1.54, 1.807) is 0 Å². The SMILES string of the molecule is CN(CC(=O)O)C(=O)CCC=O. The molecule has 0 radical (unpaired) electrons. The van der Waals surface area contributed by atoms with Crippen molar-refractivity contribution in [2.45, 2.75) is 12.8 Å². The van der Waals surface area contributed by atoms with Crippen LogP contribution in [0.4, 0.5) is 0 Å². The Hall–Kier alpha value is -1.39. The summed E-state index contributed by atoms with van der Waals surface area (Å²) in [6, 6.07) is 0. The van der Waals surface area contributed by atoms with E-state index in [1.165, 1.54) is 7.05 Å². The molecule has 1 amide bonds. The summed E-state index contributed by atoms with van der Waals surface area (Å²) < 4.78 is 0. The Balaban J connectivity index is 3.76. The molecule has 12 heavy (non-hydrogen) atoms. The van der Waals surface area contributed by atoms with Crippen molar-refractivity contribution in [1.82, 2.24) is 4.90 Å². The third kappa shape index (κ3) is 4.43. The van der Waals surface area contributed by atoms with Crippen LogP contribution >= 0.6 is 0 Å². The first-order valence-electron chi connectivity index (χ1n) is 3.47. The average molecular weight is 173 g/mol. The van der Waals surface area contributed by atoms with Gasteiger partial charge in [0.15, 0.2) is 0 Å². The van der Waals surface area contributed by atoms with Crippen LogP contribution in [0.15, 0.2) is 0 Å². The zero-order valence-corrected chi connectivity index (χ0v) is 6.82. The smallest absolute Gasteiger partial charge is 0.323 e. The maximum atomic E-state index is 10.9. The molecule has 0 atom stereocenters. The minimum Gasteiger partial charge on any atom is -0.480 e. The molecule has 5 heteroatoms. The van der Waals surface area contributed by atoms with Gasteiger partial charge in [-0.2, -0.15) is 0 Å². The van der Waals surface area contributed by atoms with Gasteiger partial charge in [0.05, 0.1) is 0 Å². The number of carbonyl (C=O) groups excluding carboxylic acids is 2. The lowest BCUT2D eigenvalue weighted by Gasteiger charge is -2.12. The van der Waals surface area contributed by atoms with Gasteiger partial charge < -0.3 is 14.8 Å². The molecule has 68 valence electrons. The second-order valence-corrected chi connectivity index (χ2v) is 2.35. The maximum absolute atomic E-state index is 10.9. The van der Waals surface area contributed by atoms with Crippen LogP contribution in [0.5, 0.6) is 0 Å². The van der Waals surface area contributed by atoms with Crippen molar-refractivity contribution < 1.29 is 19.5 Å². The molecule has 0 bridgehead atoms. The molecule has 1 N–H and O–H groups in total. The van der Waals surface area contributed by atoms with E-state index in [1.807, 2.05) is 0 Å². The van der Waals surface area contributed by atoms with Crippen LogP contribution in [0.2, 0.25) is 0 Å². The number of aliphatic carboxylic acids is 1. The molecule has 5 nitrogen and oxygen atoms in total. The van der Waals surface area contributed by atoms with Crippen LogP contribution in [-0.2, 0) is 14.4 Å². The normalized spacial score (nSPS) is 9.08. The molecule has 0 rings (SSSR count). The van der Waals surface area contributed by atoms with Gasteiger partial charge in [-0.05, 0) is 0 Å². The number of nitrogens with zero attached hydrogens (tertiary/aromatic N) is 1. The number of hydrogen-bond acceptors (Lipinski definition) is 3. The highest BCUT2D eigenvalue weighted by Crippen LogP contribution is 1.92. The molecular formula is C7H11NO4. The van der Waals surface area contributed by atoms with Crippen molar-refractivity contribution in [3.05, 3.63) is 0 Å². The van der Waals surface area contributed by atoms with E-state index in [9.17, 15) is 14.4 Å². The fraction of sp³-hybridized carbons (Fsp3) is 0.571. The monoisotopic (exact) mass is 173 g/mol. The summed E-state index contributed by atoms with van der Waals surface area (Å²) in [5.41, 5.74) is 0. The Morgan fingerprint density at radius 1 is 1.50 bits per heavy atom. The van der Waals surface area contributed by atoms with E-state index in [0.717, 1.165) is 4.90 Å². The van der Waals surface area contributed by atoms with Crippen molar-refractivity contribution in [2.24, 2.45) is 0 Å². The molecule has 0 aliphatic heterocycles. The van der Waals surface area contributed by atoms with Gasteiger partial charge in [0.25, 0.3) is 0 Å². The molecule has 0 aromatic rings. The Labute approximate surface area is 70.0 Å². The molecule has 0 fully saturated rings. The number of carboxylic acids is 1. The highest BCUT2D eigenvalue weighted by atomic mass is 16.4. The molecule has 0 unspecified atom stereocenters. The molecule has 0 saturated carbocycles. The second-order valence-electron chi connectivity index (χ2n) is 2.35. The fourth-order valence-electron chi connectivity index (χ4n) is 0.664. The predicted octanol–water partition coefficient (Wildman–Crippen LogP) is -0.491. The highest BCUT2D eigenvalue weighted by Gasteiger charge is 2.10. The first-order chi connectivity index (χ1) is 5.57. The lowest BCUT2D eigenvalue weighted by molar-refractivity contribution is -0.143. The van der Waals surface area contributed by atoms with Gasteiger partial charge in [-0.15, -0.1) is 0 Å². The van der Waals surface area contributed by atoms with Crippen LogP contribution in [0.25, 0.3) is 0 Å². The van der Waals surface area contributed by atoms with Crippen LogP contribution < -0.4 is 0 Å². The summed E-state index contributed by atoms with van der Waals surface area (Å²) in [5, 5.41) is 8.29. The quantitative estimate of drug-likeness (QED) is 0.569. The highest BCUT2D eigenvalue weighted by molar-refractivity contribution is 5.82. The third-order valence-corrected chi connectivity index (χ3v) is 1.27. The van der Waals surface area contributed by atoms with E-state index >= 15 is 0 Å². The predicted molar refractivity (Wildman–Crippen MR) is 40.6 cm³/mol.